The van der Waals surface area contributed by atoms with E-state index in [-0.39, 0.29) is 6.42 Å². The second-order valence-corrected chi connectivity index (χ2v) is 1.91. The summed E-state index contributed by atoms with van der Waals surface area (Å²) in [6.45, 7) is 0. The minimum Gasteiger partial charge on any atom is -0.302 e. The molecule has 11 heavy (non-hydrogen) atoms. The van der Waals surface area contributed by atoms with E-state index in [2.05, 4.69) is 16.8 Å². The van der Waals surface area contributed by atoms with Crippen molar-refractivity contribution in [1.82, 2.24) is 4.98 Å². The number of nitrogens with zero attached hydrogens (tertiary/aromatic N) is 1. The number of hydrogen-bond donors (Lipinski definition) is 0. The molecule has 0 amide bonds. The molecule has 2 nitrogen and oxygen atoms in total. The normalized spacial score (nSPS) is 8.00. The predicted octanol–water partition coefficient (Wildman–Crippen LogP) is 1.02. The Labute approximate surface area is 65.3 Å². The van der Waals surface area contributed by atoms with E-state index in [1.165, 1.54) is 0 Å². The molecule has 54 valence electrons. The fourth-order valence-corrected chi connectivity index (χ4v) is 0.631. The molecule has 0 bridgehead atoms. The molecule has 0 saturated heterocycles. The summed E-state index contributed by atoms with van der Waals surface area (Å²) in [4.78, 5) is 13.7. The first kappa shape index (κ1) is 7.49. The van der Waals surface area contributed by atoms with Crippen molar-refractivity contribution >= 4 is 6.29 Å². The minimum atomic E-state index is 0.287. The Kier molecular flexibility index (Phi) is 2.88. The van der Waals surface area contributed by atoms with E-state index < -0.39 is 0 Å². The third-order valence-electron chi connectivity index (χ3n) is 1.08. The summed E-state index contributed by atoms with van der Waals surface area (Å²) < 4.78 is 0. The Bertz CT molecular complexity index is 281. The van der Waals surface area contributed by atoms with Gasteiger partial charge in [0.25, 0.3) is 0 Å². The standard InChI is InChI=1S/C9H7NO/c11-7-2-1-4-9-5-3-6-10-8-9/h3,5-8H,2H2. The highest BCUT2D eigenvalue weighted by Crippen LogP contribution is 1.90. The molecule has 1 rings (SSSR count). The average molecular weight is 145 g/mol. The van der Waals surface area contributed by atoms with Crippen LogP contribution in [0, 0.1) is 11.8 Å². The number of rotatable bonds is 1. The zero-order chi connectivity index (χ0) is 7.94. The molecule has 2 heteroatoms. The number of carbonyl (C=O) groups excluding carboxylic acids is 1. The maximum atomic E-state index is 9.88. The van der Waals surface area contributed by atoms with Crippen LogP contribution < -0.4 is 0 Å². The number of carbonyl (C=O) groups is 1. The predicted molar refractivity (Wildman–Crippen MR) is 41.8 cm³/mol. The number of hydrogen-bond acceptors (Lipinski definition) is 2. The highest BCUT2D eigenvalue weighted by atomic mass is 16.1. The number of aromatic nitrogens is 1. The van der Waals surface area contributed by atoms with E-state index in [9.17, 15) is 4.79 Å². The lowest BCUT2D eigenvalue weighted by molar-refractivity contribution is -0.107. The molecule has 0 radical (unpaired) electrons. The smallest absolute Gasteiger partial charge is 0.131 e. The molecule has 1 heterocycles. The van der Waals surface area contributed by atoms with Crippen molar-refractivity contribution in [2.75, 3.05) is 0 Å². The second kappa shape index (κ2) is 4.24. The van der Waals surface area contributed by atoms with Gasteiger partial charge < -0.3 is 4.79 Å². The molecule has 0 aliphatic carbocycles. The molecule has 0 aliphatic heterocycles. The van der Waals surface area contributed by atoms with E-state index in [1.807, 2.05) is 12.1 Å². The molecule has 0 N–H and O–H groups in total. The van der Waals surface area contributed by atoms with Crippen molar-refractivity contribution in [1.29, 1.82) is 0 Å². The van der Waals surface area contributed by atoms with Gasteiger partial charge in [-0.15, -0.1) is 0 Å². The van der Waals surface area contributed by atoms with Crippen LogP contribution in [0.3, 0.4) is 0 Å². The summed E-state index contributed by atoms with van der Waals surface area (Å²) in [6.07, 6.45) is 4.42. The molecule has 0 spiro atoms. The lowest BCUT2D eigenvalue weighted by Crippen LogP contribution is -1.75. The van der Waals surface area contributed by atoms with Gasteiger partial charge in [0, 0.05) is 18.0 Å². The third kappa shape index (κ3) is 2.63. The van der Waals surface area contributed by atoms with Gasteiger partial charge in [-0.3, -0.25) is 4.98 Å². The van der Waals surface area contributed by atoms with Gasteiger partial charge >= 0.3 is 0 Å². The van der Waals surface area contributed by atoms with Crippen LogP contribution in [0.2, 0.25) is 0 Å². The Morgan fingerprint density at radius 1 is 1.64 bits per heavy atom. The SMILES string of the molecule is O=CCC#Cc1cccnc1. The van der Waals surface area contributed by atoms with Crippen molar-refractivity contribution in [2.24, 2.45) is 0 Å². The second-order valence-electron chi connectivity index (χ2n) is 1.91. The van der Waals surface area contributed by atoms with Crippen LogP contribution in [0.25, 0.3) is 0 Å². The van der Waals surface area contributed by atoms with E-state index in [0.717, 1.165) is 11.8 Å². The van der Waals surface area contributed by atoms with Crippen LogP contribution in [0.15, 0.2) is 24.5 Å². The van der Waals surface area contributed by atoms with Crippen molar-refractivity contribution in [3.05, 3.63) is 30.1 Å². The molecule has 0 aromatic carbocycles. The summed E-state index contributed by atoms with van der Waals surface area (Å²) in [5, 5.41) is 0. The zero-order valence-electron chi connectivity index (χ0n) is 5.95. The summed E-state index contributed by atoms with van der Waals surface area (Å²) in [5.41, 5.74) is 0.842. The van der Waals surface area contributed by atoms with E-state index in [4.69, 9.17) is 0 Å². The number of aldehydes is 1. The summed E-state index contributed by atoms with van der Waals surface area (Å²) in [5.74, 6) is 5.50. The summed E-state index contributed by atoms with van der Waals surface area (Å²) in [7, 11) is 0. The fraction of sp³-hybridized carbons (Fsp3) is 0.111. The van der Waals surface area contributed by atoms with Crippen molar-refractivity contribution in [3.8, 4) is 11.8 Å². The molecule has 0 unspecified atom stereocenters. The Morgan fingerprint density at radius 2 is 2.55 bits per heavy atom. The van der Waals surface area contributed by atoms with E-state index in [0.29, 0.717) is 0 Å². The first-order valence-electron chi connectivity index (χ1n) is 3.26. The van der Waals surface area contributed by atoms with Crippen molar-refractivity contribution in [3.63, 3.8) is 0 Å². The van der Waals surface area contributed by atoms with Gasteiger partial charge in [-0.05, 0) is 12.1 Å². The van der Waals surface area contributed by atoms with Gasteiger partial charge in [-0.2, -0.15) is 0 Å². The molecule has 1 aromatic heterocycles. The van der Waals surface area contributed by atoms with Crippen molar-refractivity contribution < 1.29 is 4.79 Å². The van der Waals surface area contributed by atoms with Gasteiger partial charge in [0.2, 0.25) is 0 Å². The molecule has 0 atom stereocenters. The topological polar surface area (TPSA) is 30.0 Å². The van der Waals surface area contributed by atoms with Crippen LogP contribution in [0.4, 0.5) is 0 Å². The summed E-state index contributed by atoms with van der Waals surface area (Å²) >= 11 is 0. The Balaban J connectivity index is 2.66. The lowest BCUT2D eigenvalue weighted by atomic mass is 10.3. The largest absolute Gasteiger partial charge is 0.302 e. The van der Waals surface area contributed by atoms with E-state index in [1.54, 1.807) is 12.4 Å². The lowest BCUT2D eigenvalue weighted by Gasteiger charge is -1.83. The Hall–Kier alpha value is -1.62. The van der Waals surface area contributed by atoms with Crippen molar-refractivity contribution in [2.45, 2.75) is 6.42 Å². The van der Waals surface area contributed by atoms with Crippen LogP contribution >= 0.6 is 0 Å². The first-order chi connectivity index (χ1) is 5.43. The van der Waals surface area contributed by atoms with Gasteiger partial charge in [-0.25, -0.2) is 0 Å². The van der Waals surface area contributed by atoms with Crippen LogP contribution in [0.5, 0.6) is 0 Å². The third-order valence-corrected chi connectivity index (χ3v) is 1.08. The minimum absolute atomic E-state index is 0.287. The monoisotopic (exact) mass is 145 g/mol. The molecular weight excluding hydrogens is 138 g/mol. The van der Waals surface area contributed by atoms with Crippen LogP contribution in [-0.2, 0) is 4.79 Å². The summed E-state index contributed by atoms with van der Waals surface area (Å²) in [6, 6.07) is 3.66. The molecular formula is C9H7NO. The Morgan fingerprint density at radius 3 is 3.18 bits per heavy atom. The maximum Gasteiger partial charge on any atom is 0.131 e. The van der Waals surface area contributed by atoms with Crippen LogP contribution in [-0.4, -0.2) is 11.3 Å². The van der Waals surface area contributed by atoms with Gasteiger partial charge in [0.1, 0.15) is 6.29 Å². The van der Waals surface area contributed by atoms with E-state index >= 15 is 0 Å². The molecule has 0 aliphatic rings. The quantitative estimate of drug-likeness (QED) is 0.436. The molecule has 1 aromatic rings. The average Bonchev–Trinajstić information content (AvgIpc) is 2.07. The van der Waals surface area contributed by atoms with Gasteiger partial charge in [0.05, 0.1) is 6.42 Å². The maximum absolute atomic E-state index is 9.88. The van der Waals surface area contributed by atoms with Crippen LogP contribution in [0.1, 0.15) is 12.0 Å². The first-order valence-corrected chi connectivity index (χ1v) is 3.26. The van der Waals surface area contributed by atoms with Gasteiger partial charge in [0.15, 0.2) is 0 Å². The highest BCUT2D eigenvalue weighted by molar-refractivity contribution is 5.54. The number of pyridine rings is 1. The highest BCUT2D eigenvalue weighted by Gasteiger charge is 1.80. The fourth-order valence-electron chi connectivity index (χ4n) is 0.631. The van der Waals surface area contributed by atoms with Gasteiger partial charge in [-0.1, -0.05) is 11.8 Å². The molecule has 0 saturated carbocycles. The molecule has 0 fully saturated rings. The zero-order valence-corrected chi connectivity index (χ0v) is 5.95.